The highest BCUT2D eigenvalue weighted by Crippen LogP contribution is 2.29. The second-order valence-electron chi connectivity index (χ2n) is 4.47. The number of hydrogen-bond acceptors (Lipinski definition) is 4. The van der Waals surface area contributed by atoms with Crippen LogP contribution in [0.1, 0.15) is 16.6 Å². The van der Waals surface area contributed by atoms with E-state index in [9.17, 15) is 0 Å². The van der Waals surface area contributed by atoms with E-state index < -0.39 is 0 Å². The molecule has 1 aliphatic heterocycles. The van der Waals surface area contributed by atoms with E-state index in [1.165, 1.54) is 10.6 Å². The van der Waals surface area contributed by atoms with Crippen LogP contribution >= 0.6 is 36.2 Å². The molecule has 0 saturated carbocycles. The molecule has 3 nitrogen and oxygen atoms in total. The van der Waals surface area contributed by atoms with E-state index in [4.69, 9.17) is 0 Å². The van der Waals surface area contributed by atoms with E-state index >= 15 is 0 Å². The number of hydrogen-bond donors (Lipinski definition) is 1. The van der Waals surface area contributed by atoms with Crippen LogP contribution in [0, 0.1) is 0 Å². The van der Waals surface area contributed by atoms with Crippen molar-refractivity contribution in [1.82, 2.24) is 15.2 Å². The summed E-state index contributed by atoms with van der Waals surface area (Å²) in [4.78, 5) is 7.04. The summed E-state index contributed by atoms with van der Waals surface area (Å²) in [6.07, 6.45) is 1.90. The minimum atomic E-state index is 0. The van der Waals surface area contributed by atoms with Crippen LogP contribution in [-0.2, 0) is 0 Å². The Morgan fingerprint density at radius 3 is 2.40 bits per heavy atom. The molecule has 1 fully saturated rings. The predicted molar refractivity (Wildman–Crippen MR) is 89.3 cm³/mol. The lowest BCUT2D eigenvalue weighted by atomic mass is 10.1. The summed E-state index contributed by atoms with van der Waals surface area (Å²) in [5.41, 5.74) is 1.34. The highest BCUT2D eigenvalue weighted by molar-refractivity contribution is 7.09. The van der Waals surface area contributed by atoms with Gasteiger partial charge in [-0.1, -0.05) is 30.3 Å². The molecule has 1 saturated heterocycles. The Hall–Kier alpha value is -0.650. The summed E-state index contributed by atoms with van der Waals surface area (Å²) in [6, 6.07) is 11.0. The van der Waals surface area contributed by atoms with Gasteiger partial charge in [-0.15, -0.1) is 36.2 Å². The molecule has 1 N–H and O–H groups in total. The molecular weight excluding hydrogens is 313 g/mol. The first-order valence-electron chi connectivity index (χ1n) is 6.34. The van der Waals surface area contributed by atoms with Gasteiger partial charge in [-0.2, -0.15) is 0 Å². The van der Waals surface area contributed by atoms with Gasteiger partial charge in [-0.05, 0) is 5.56 Å². The molecule has 2 heterocycles. The Morgan fingerprint density at radius 2 is 1.80 bits per heavy atom. The third kappa shape index (κ3) is 3.93. The van der Waals surface area contributed by atoms with Gasteiger partial charge in [-0.3, -0.25) is 4.90 Å². The quantitative estimate of drug-likeness (QED) is 0.937. The maximum Gasteiger partial charge on any atom is 0.114 e. The van der Waals surface area contributed by atoms with Crippen LogP contribution in [0.15, 0.2) is 41.9 Å². The minimum Gasteiger partial charge on any atom is -0.314 e. The van der Waals surface area contributed by atoms with E-state index in [0.717, 1.165) is 26.2 Å². The Kier molecular flexibility index (Phi) is 7.48. The monoisotopic (exact) mass is 331 g/mol. The summed E-state index contributed by atoms with van der Waals surface area (Å²) < 4.78 is 0. The molecule has 0 aliphatic carbocycles. The number of rotatable bonds is 3. The van der Waals surface area contributed by atoms with Crippen LogP contribution in [0.25, 0.3) is 0 Å². The van der Waals surface area contributed by atoms with Crippen molar-refractivity contribution in [2.75, 3.05) is 26.2 Å². The number of nitrogens with zero attached hydrogens (tertiary/aromatic N) is 2. The first-order chi connectivity index (χ1) is 8.95. The number of benzene rings is 1. The van der Waals surface area contributed by atoms with Crippen molar-refractivity contribution >= 4 is 36.2 Å². The van der Waals surface area contributed by atoms with Gasteiger partial charge in [0.2, 0.25) is 0 Å². The minimum absolute atomic E-state index is 0. The first-order valence-corrected chi connectivity index (χ1v) is 7.22. The molecule has 1 unspecified atom stereocenters. The summed E-state index contributed by atoms with van der Waals surface area (Å²) in [5.74, 6) is 0. The number of piperazine rings is 1. The predicted octanol–water partition coefficient (Wildman–Crippen LogP) is 2.98. The number of thiazole rings is 1. The smallest absolute Gasteiger partial charge is 0.114 e. The van der Waals surface area contributed by atoms with Crippen molar-refractivity contribution < 1.29 is 0 Å². The molecule has 20 heavy (non-hydrogen) atoms. The van der Waals surface area contributed by atoms with E-state index in [1.54, 1.807) is 11.3 Å². The molecule has 1 atom stereocenters. The maximum absolute atomic E-state index is 4.52. The zero-order valence-electron chi connectivity index (χ0n) is 11.1. The summed E-state index contributed by atoms with van der Waals surface area (Å²) in [5, 5.41) is 6.67. The topological polar surface area (TPSA) is 28.2 Å². The Bertz CT molecular complexity index is 472. The summed E-state index contributed by atoms with van der Waals surface area (Å²) in [7, 11) is 0. The normalized spacial score (nSPS) is 16.8. The Morgan fingerprint density at radius 1 is 1.10 bits per heavy atom. The van der Waals surface area contributed by atoms with Crippen LogP contribution in [0.4, 0.5) is 0 Å². The third-order valence-corrected chi connectivity index (χ3v) is 4.15. The van der Waals surface area contributed by atoms with Gasteiger partial charge < -0.3 is 5.32 Å². The molecule has 1 aliphatic rings. The van der Waals surface area contributed by atoms with Gasteiger partial charge in [0.05, 0.1) is 6.04 Å². The van der Waals surface area contributed by atoms with Gasteiger partial charge in [-0.25, -0.2) is 4.98 Å². The average molecular weight is 332 g/mol. The first kappa shape index (κ1) is 17.4. The highest BCUT2D eigenvalue weighted by Gasteiger charge is 2.25. The number of halogens is 2. The zero-order valence-corrected chi connectivity index (χ0v) is 13.5. The lowest BCUT2D eigenvalue weighted by Crippen LogP contribution is -2.45. The summed E-state index contributed by atoms with van der Waals surface area (Å²) >= 11 is 1.75. The summed E-state index contributed by atoms with van der Waals surface area (Å²) in [6.45, 7) is 4.29. The molecule has 1 aromatic carbocycles. The Labute approximate surface area is 136 Å². The zero-order chi connectivity index (χ0) is 12.2. The van der Waals surface area contributed by atoms with E-state index in [-0.39, 0.29) is 24.8 Å². The SMILES string of the molecule is Cl.Cl.c1ccc(C(c2nccs2)N2CCNCC2)cc1. The molecule has 1 aromatic heterocycles. The van der Waals surface area contributed by atoms with E-state index in [2.05, 4.69) is 50.9 Å². The van der Waals surface area contributed by atoms with Crippen LogP contribution in [0.5, 0.6) is 0 Å². The largest absolute Gasteiger partial charge is 0.314 e. The third-order valence-electron chi connectivity index (χ3n) is 3.32. The molecule has 0 bridgehead atoms. The van der Waals surface area contributed by atoms with Crippen molar-refractivity contribution in [3.05, 3.63) is 52.5 Å². The second kappa shape index (κ2) is 8.60. The Balaban J connectivity index is 0.000001000. The second-order valence-corrected chi connectivity index (χ2v) is 5.40. The molecule has 6 heteroatoms. The van der Waals surface area contributed by atoms with Crippen molar-refractivity contribution in [2.24, 2.45) is 0 Å². The van der Waals surface area contributed by atoms with Gasteiger partial charge in [0.1, 0.15) is 5.01 Å². The highest BCUT2D eigenvalue weighted by atomic mass is 35.5. The standard InChI is InChI=1S/C14H17N3S.2ClH/c1-2-4-12(5-3-1)13(14-16-8-11-18-14)17-9-6-15-7-10-17;;/h1-5,8,11,13,15H,6-7,9-10H2;2*1H. The molecule has 3 rings (SSSR count). The lowest BCUT2D eigenvalue weighted by Gasteiger charge is -2.34. The molecule has 0 spiro atoms. The average Bonchev–Trinajstić information content (AvgIpc) is 2.95. The number of nitrogens with one attached hydrogen (secondary N) is 1. The van der Waals surface area contributed by atoms with Crippen molar-refractivity contribution in [2.45, 2.75) is 6.04 Å². The van der Waals surface area contributed by atoms with Crippen molar-refractivity contribution in [3.8, 4) is 0 Å². The van der Waals surface area contributed by atoms with Crippen LogP contribution in [0.2, 0.25) is 0 Å². The van der Waals surface area contributed by atoms with Crippen LogP contribution in [-0.4, -0.2) is 36.1 Å². The van der Waals surface area contributed by atoms with Gasteiger partial charge in [0, 0.05) is 37.8 Å². The van der Waals surface area contributed by atoms with Gasteiger partial charge in [0.25, 0.3) is 0 Å². The molecular formula is C14H19Cl2N3S. The molecule has 0 amide bonds. The van der Waals surface area contributed by atoms with Gasteiger partial charge >= 0.3 is 0 Å². The van der Waals surface area contributed by atoms with Crippen molar-refractivity contribution in [3.63, 3.8) is 0 Å². The van der Waals surface area contributed by atoms with Crippen molar-refractivity contribution in [1.29, 1.82) is 0 Å². The van der Waals surface area contributed by atoms with Gasteiger partial charge in [0.15, 0.2) is 0 Å². The molecule has 110 valence electrons. The fourth-order valence-electron chi connectivity index (χ4n) is 2.45. The fraction of sp³-hybridized carbons (Fsp3) is 0.357. The van der Waals surface area contributed by atoms with Crippen LogP contribution in [0.3, 0.4) is 0 Å². The molecule has 2 aromatic rings. The van der Waals surface area contributed by atoms with Crippen LogP contribution < -0.4 is 5.32 Å². The fourth-order valence-corrected chi connectivity index (χ4v) is 3.25. The van der Waals surface area contributed by atoms with E-state index in [0.29, 0.717) is 6.04 Å². The molecule has 0 radical (unpaired) electrons. The van der Waals surface area contributed by atoms with E-state index in [1.807, 2.05) is 6.20 Å². The lowest BCUT2D eigenvalue weighted by molar-refractivity contribution is 0.198. The number of aromatic nitrogens is 1. The maximum atomic E-state index is 4.52.